The molecule has 0 aliphatic heterocycles. The summed E-state index contributed by atoms with van der Waals surface area (Å²) in [7, 11) is 0. The predicted octanol–water partition coefficient (Wildman–Crippen LogP) is 3.30. The number of benzene rings is 2. The fraction of sp³-hybridized carbons (Fsp3) is 0.0556. The van der Waals surface area contributed by atoms with Gasteiger partial charge in [-0.25, -0.2) is 4.68 Å². The average molecular weight is 302 g/mol. The minimum absolute atomic E-state index is 0.244. The minimum Gasteiger partial charge on any atom is -0.306 e. The van der Waals surface area contributed by atoms with Crippen molar-refractivity contribution in [3.8, 4) is 11.8 Å². The van der Waals surface area contributed by atoms with E-state index in [1.807, 2.05) is 49.4 Å². The van der Waals surface area contributed by atoms with Crippen LogP contribution in [0.1, 0.15) is 21.6 Å². The van der Waals surface area contributed by atoms with Crippen molar-refractivity contribution in [1.82, 2.24) is 9.78 Å². The first-order valence-electron chi connectivity index (χ1n) is 7.11. The number of aromatic nitrogens is 2. The number of rotatable bonds is 3. The van der Waals surface area contributed by atoms with Crippen LogP contribution < -0.4 is 5.32 Å². The number of carbonyl (C=O) groups is 1. The van der Waals surface area contributed by atoms with Crippen LogP contribution >= 0.6 is 0 Å². The van der Waals surface area contributed by atoms with Crippen LogP contribution in [0.2, 0.25) is 0 Å². The molecule has 0 spiro atoms. The summed E-state index contributed by atoms with van der Waals surface area (Å²) in [6.07, 6.45) is 0. The maximum absolute atomic E-state index is 12.4. The minimum atomic E-state index is -0.244. The number of carbonyl (C=O) groups excluding carboxylic acids is 1. The molecule has 1 aromatic heterocycles. The van der Waals surface area contributed by atoms with Crippen LogP contribution in [0, 0.1) is 18.3 Å². The second-order valence-electron chi connectivity index (χ2n) is 5.06. The normalized spacial score (nSPS) is 10.1. The molecule has 2 aromatic carbocycles. The van der Waals surface area contributed by atoms with E-state index in [2.05, 4.69) is 10.4 Å². The molecule has 0 saturated carbocycles. The van der Waals surface area contributed by atoms with E-state index in [4.69, 9.17) is 5.26 Å². The number of para-hydroxylation sites is 1. The number of anilines is 1. The van der Waals surface area contributed by atoms with E-state index in [1.165, 1.54) is 0 Å². The highest BCUT2D eigenvalue weighted by Crippen LogP contribution is 2.18. The molecular formula is C18H14N4O. The van der Waals surface area contributed by atoms with Gasteiger partial charge in [-0.3, -0.25) is 4.79 Å². The lowest BCUT2D eigenvalue weighted by molar-refractivity contribution is 0.102. The maximum atomic E-state index is 12.4. The van der Waals surface area contributed by atoms with Gasteiger partial charge in [-0.2, -0.15) is 10.4 Å². The number of hydrogen-bond acceptors (Lipinski definition) is 3. The van der Waals surface area contributed by atoms with Gasteiger partial charge in [0.15, 0.2) is 0 Å². The quantitative estimate of drug-likeness (QED) is 0.807. The lowest BCUT2D eigenvalue weighted by Gasteiger charge is -2.09. The fourth-order valence-electron chi connectivity index (χ4n) is 2.24. The van der Waals surface area contributed by atoms with E-state index in [0.29, 0.717) is 16.9 Å². The highest BCUT2D eigenvalue weighted by molar-refractivity contribution is 6.04. The van der Waals surface area contributed by atoms with E-state index >= 15 is 0 Å². The molecule has 0 bridgehead atoms. The van der Waals surface area contributed by atoms with Crippen molar-refractivity contribution in [3.63, 3.8) is 0 Å². The Hall–Kier alpha value is -3.39. The number of nitrogens with one attached hydrogen (secondary N) is 1. The molecule has 3 rings (SSSR count). The van der Waals surface area contributed by atoms with Crippen LogP contribution in [0.5, 0.6) is 0 Å². The van der Waals surface area contributed by atoms with Crippen LogP contribution in [0.25, 0.3) is 5.69 Å². The molecule has 0 unspecified atom stereocenters. The number of amides is 1. The van der Waals surface area contributed by atoms with Crippen molar-refractivity contribution in [1.29, 1.82) is 5.26 Å². The third kappa shape index (κ3) is 3.11. The number of hydrogen-bond donors (Lipinski definition) is 1. The maximum Gasteiger partial charge on any atom is 0.256 e. The summed E-state index contributed by atoms with van der Waals surface area (Å²) in [4.78, 5) is 12.4. The van der Waals surface area contributed by atoms with Crippen molar-refractivity contribution in [3.05, 3.63) is 77.5 Å². The first-order chi connectivity index (χ1) is 11.2. The Balaban J connectivity index is 1.88. The Kier molecular flexibility index (Phi) is 3.89. The molecule has 112 valence electrons. The van der Waals surface area contributed by atoms with Gasteiger partial charge in [0.2, 0.25) is 0 Å². The fourth-order valence-corrected chi connectivity index (χ4v) is 2.24. The van der Waals surface area contributed by atoms with E-state index in [0.717, 1.165) is 11.4 Å². The Morgan fingerprint density at radius 3 is 2.48 bits per heavy atom. The van der Waals surface area contributed by atoms with Gasteiger partial charge in [-0.05, 0) is 43.3 Å². The summed E-state index contributed by atoms with van der Waals surface area (Å²) in [5, 5.41) is 16.1. The first-order valence-corrected chi connectivity index (χ1v) is 7.11. The monoisotopic (exact) mass is 302 g/mol. The zero-order chi connectivity index (χ0) is 16.2. The summed E-state index contributed by atoms with van der Waals surface area (Å²) in [6.45, 7) is 1.87. The molecule has 0 radical (unpaired) electrons. The van der Waals surface area contributed by atoms with Crippen LogP contribution in [0.15, 0.2) is 60.7 Å². The Labute approximate surface area is 133 Å². The highest BCUT2D eigenvalue weighted by atomic mass is 16.1. The lowest BCUT2D eigenvalue weighted by atomic mass is 10.1. The Morgan fingerprint density at radius 1 is 1.13 bits per heavy atom. The third-order valence-corrected chi connectivity index (χ3v) is 3.35. The summed E-state index contributed by atoms with van der Waals surface area (Å²) < 4.78 is 1.69. The van der Waals surface area contributed by atoms with Crippen molar-refractivity contribution in [2.45, 2.75) is 6.92 Å². The summed E-state index contributed by atoms with van der Waals surface area (Å²) in [6, 6.07) is 19.9. The van der Waals surface area contributed by atoms with Crippen molar-refractivity contribution >= 4 is 11.7 Å². The third-order valence-electron chi connectivity index (χ3n) is 3.35. The molecule has 5 heteroatoms. The highest BCUT2D eigenvalue weighted by Gasteiger charge is 2.12. The van der Waals surface area contributed by atoms with E-state index in [-0.39, 0.29) is 5.91 Å². The summed E-state index contributed by atoms with van der Waals surface area (Å²) in [5.74, 6) is 0.356. The predicted molar refractivity (Wildman–Crippen MR) is 87.4 cm³/mol. The van der Waals surface area contributed by atoms with Crippen LogP contribution in [-0.4, -0.2) is 15.7 Å². The molecule has 1 heterocycles. The molecule has 0 aliphatic carbocycles. The van der Waals surface area contributed by atoms with Gasteiger partial charge in [-0.15, -0.1) is 0 Å². The number of nitrogens with zero attached hydrogens (tertiary/aromatic N) is 3. The summed E-state index contributed by atoms with van der Waals surface area (Å²) >= 11 is 0. The zero-order valence-electron chi connectivity index (χ0n) is 12.5. The van der Waals surface area contributed by atoms with Gasteiger partial charge in [0, 0.05) is 11.6 Å². The van der Waals surface area contributed by atoms with Crippen molar-refractivity contribution in [2.75, 3.05) is 5.32 Å². The van der Waals surface area contributed by atoms with E-state index < -0.39 is 0 Å². The second-order valence-corrected chi connectivity index (χ2v) is 5.06. The summed E-state index contributed by atoms with van der Waals surface area (Å²) in [5.41, 5.74) is 2.69. The van der Waals surface area contributed by atoms with Crippen molar-refractivity contribution < 1.29 is 4.79 Å². The van der Waals surface area contributed by atoms with Gasteiger partial charge in [0.1, 0.15) is 5.82 Å². The van der Waals surface area contributed by atoms with Gasteiger partial charge in [-0.1, -0.05) is 18.2 Å². The molecule has 1 amide bonds. The van der Waals surface area contributed by atoms with Crippen LogP contribution in [0.3, 0.4) is 0 Å². The average Bonchev–Trinajstić information content (AvgIpc) is 2.96. The topological polar surface area (TPSA) is 70.7 Å². The van der Waals surface area contributed by atoms with Gasteiger partial charge < -0.3 is 5.32 Å². The molecule has 0 fully saturated rings. The molecule has 0 saturated heterocycles. The van der Waals surface area contributed by atoms with Crippen molar-refractivity contribution in [2.24, 2.45) is 0 Å². The lowest BCUT2D eigenvalue weighted by Crippen LogP contribution is -2.15. The molecule has 0 aliphatic rings. The van der Waals surface area contributed by atoms with Gasteiger partial charge in [0.05, 0.1) is 23.0 Å². The molecular weight excluding hydrogens is 288 g/mol. The van der Waals surface area contributed by atoms with E-state index in [9.17, 15) is 4.79 Å². The van der Waals surface area contributed by atoms with Gasteiger partial charge >= 0.3 is 0 Å². The molecule has 1 N–H and O–H groups in total. The number of nitriles is 1. The molecule has 23 heavy (non-hydrogen) atoms. The SMILES string of the molecule is Cc1cc(NC(=O)c2ccc(C#N)cc2)n(-c2ccccc2)n1. The second kappa shape index (κ2) is 6.16. The van der Waals surface area contributed by atoms with Crippen LogP contribution in [-0.2, 0) is 0 Å². The molecule has 0 atom stereocenters. The Morgan fingerprint density at radius 2 is 1.83 bits per heavy atom. The Bertz CT molecular complexity index is 874. The zero-order valence-corrected chi connectivity index (χ0v) is 12.5. The van der Waals surface area contributed by atoms with Crippen LogP contribution in [0.4, 0.5) is 5.82 Å². The van der Waals surface area contributed by atoms with E-state index in [1.54, 1.807) is 28.9 Å². The standard InChI is InChI=1S/C18H14N4O/c1-13-11-17(22(21-13)16-5-3-2-4-6-16)20-18(23)15-9-7-14(12-19)8-10-15/h2-11H,1H3,(H,20,23). The smallest absolute Gasteiger partial charge is 0.256 e. The molecule has 3 aromatic rings. The van der Waals surface area contributed by atoms with Gasteiger partial charge in [0.25, 0.3) is 5.91 Å². The largest absolute Gasteiger partial charge is 0.306 e. The molecule has 5 nitrogen and oxygen atoms in total. The number of aryl methyl sites for hydroxylation is 1. The first kappa shape index (κ1) is 14.5.